The number of benzene rings is 1. The monoisotopic (exact) mass is 330 g/mol. The van der Waals surface area contributed by atoms with Crippen LogP contribution in [0.2, 0.25) is 0 Å². The molecule has 2 amide bonds. The molecule has 2 atom stereocenters. The van der Waals surface area contributed by atoms with Gasteiger partial charge >= 0.3 is 0 Å². The van der Waals surface area contributed by atoms with Crippen LogP contribution < -0.4 is 5.32 Å². The van der Waals surface area contributed by atoms with Gasteiger partial charge in [-0.25, -0.2) is 0 Å². The maximum Gasteiger partial charge on any atom is 0.272 e. The van der Waals surface area contributed by atoms with E-state index in [1.54, 1.807) is 0 Å². The Hall–Kier alpha value is -2.41. The third kappa shape index (κ3) is 3.41. The Kier molecular flexibility index (Phi) is 4.80. The average Bonchev–Trinajstić information content (AvgIpc) is 3.01. The number of carbonyl (C=O) groups excluding carboxylic acids is 2. The molecule has 1 saturated heterocycles. The van der Waals surface area contributed by atoms with E-state index in [1.807, 2.05) is 43.0 Å². The lowest BCUT2D eigenvalue weighted by atomic mass is 10.2. The van der Waals surface area contributed by atoms with Crippen LogP contribution in [0.1, 0.15) is 30.8 Å². The Bertz CT molecular complexity index is 742. The van der Waals surface area contributed by atoms with Gasteiger partial charge in [0.15, 0.2) is 5.69 Å². The number of H-pyrrole nitrogens is 1. The van der Waals surface area contributed by atoms with Gasteiger partial charge in [-0.1, -0.05) is 18.2 Å². The molecule has 1 aliphatic rings. The number of aromatic nitrogens is 2. The molecule has 0 bridgehead atoms. The van der Waals surface area contributed by atoms with E-state index in [1.165, 1.54) is 0 Å². The quantitative estimate of drug-likeness (QED) is 0.885. The summed E-state index contributed by atoms with van der Waals surface area (Å²) in [6.45, 7) is 5.36. The molecule has 7 nitrogen and oxygen atoms in total. The molecule has 1 aliphatic heterocycles. The predicted octanol–water partition coefficient (Wildman–Crippen LogP) is 1.32. The summed E-state index contributed by atoms with van der Waals surface area (Å²) in [6.07, 6.45) is 0.320. The van der Waals surface area contributed by atoms with Gasteiger partial charge in [0.1, 0.15) is 0 Å². The molecule has 24 heavy (non-hydrogen) atoms. The van der Waals surface area contributed by atoms with Gasteiger partial charge in [-0.3, -0.25) is 14.7 Å². The highest BCUT2D eigenvalue weighted by molar-refractivity contribution is 6.04. The van der Waals surface area contributed by atoms with E-state index >= 15 is 0 Å². The van der Waals surface area contributed by atoms with Crippen LogP contribution in [0, 0.1) is 0 Å². The summed E-state index contributed by atoms with van der Waals surface area (Å²) in [5.41, 5.74) is 1.17. The lowest BCUT2D eigenvalue weighted by molar-refractivity contribution is -0.143. The molecule has 128 valence electrons. The minimum atomic E-state index is -0.274. The average molecular weight is 330 g/mol. The molecular formula is C17H22N4O3. The fourth-order valence-corrected chi connectivity index (χ4v) is 2.90. The summed E-state index contributed by atoms with van der Waals surface area (Å²) < 4.78 is 5.53. The van der Waals surface area contributed by atoms with Gasteiger partial charge in [-0.05, 0) is 19.9 Å². The fourth-order valence-electron chi connectivity index (χ4n) is 2.90. The molecule has 2 heterocycles. The molecule has 0 radical (unpaired) electrons. The van der Waals surface area contributed by atoms with E-state index in [2.05, 4.69) is 15.5 Å². The number of morpholine rings is 1. The zero-order valence-corrected chi connectivity index (χ0v) is 13.9. The van der Waals surface area contributed by atoms with Crippen LogP contribution in [-0.2, 0) is 9.53 Å². The van der Waals surface area contributed by atoms with Gasteiger partial charge < -0.3 is 15.0 Å². The number of fused-ring (bicyclic) bond motifs is 1. The van der Waals surface area contributed by atoms with Crippen molar-refractivity contribution in [3.63, 3.8) is 0 Å². The summed E-state index contributed by atoms with van der Waals surface area (Å²) >= 11 is 0. The van der Waals surface area contributed by atoms with Gasteiger partial charge in [0.25, 0.3) is 5.91 Å². The second kappa shape index (κ2) is 7.00. The molecule has 0 unspecified atom stereocenters. The van der Waals surface area contributed by atoms with Gasteiger partial charge in [-0.15, -0.1) is 0 Å². The van der Waals surface area contributed by atoms with Crippen molar-refractivity contribution in [2.45, 2.75) is 32.4 Å². The summed E-state index contributed by atoms with van der Waals surface area (Å²) in [5.74, 6) is -0.242. The van der Waals surface area contributed by atoms with E-state index in [4.69, 9.17) is 4.74 Å². The number of carbonyl (C=O) groups is 2. The van der Waals surface area contributed by atoms with Crippen molar-refractivity contribution in [2.75, 3.05) is 19.7 Å². The van der Waals surface area contributed by atoms with E-state index in [-0.39, 0.29) is 36.9 Å². The number of hydrogen-bond acceptors (Lipinski definition) is 4. The van der Waals surface area contributed by atoms with Gasteiger partial charge in [0.2, 0.25) is 5.91 Å². The van der Waals surface area contributed by atoms with Gasteiger partial charge in [0.05, 0.1) is 24.3 Å². The van der Waals surface area contributed by atoms with Gasteiger partial charge in [0, 0.05) is 24.9 Å². The molecule has 3 rings (SSSR count). The maximum absolute atomic E-state index is 12.3. The summed E-state index contributed by atoms with van der Waals surface area (Å²) in [7, 11) is 0. The second-order valence-electron chi connectivity index (χ2n) is 6.16. The first-order valence-corrected chi connectivity index (χ1v) is 8.18. The van der Waals surface area contributed by atoms with E-state index in [0.29, 0.717) is 18.8 Å². The first kappa shape index (κ1) is 16.4. The Balaban J connectivity index is 1.54. The number of hydrogen-bond donors (Lipinski definition) is 2. The van der Waals surface area contributed by atoms with Gasteiger partial charge in [-0.2, -0.15) is 5.10 Å². The minimum Gasteiger partial charge on any atom is -0.375 e. The zero-order valence-electron chi connectivity index (χ0n) is 13.9. The summed E-state index contributed by atoms with van der Waals surface area (Å²) in [5, 5.41) is 10.4. The Morgan fingerprint density at radius 3 is 3.00 bits per heavy atom. The maximum atomic E-state index is 12.3. The SMILES string of the molecule is C[C@@H]1CO[C@@H](C)CN1C(=O)CCNC(=O)c1n[nH]c2ccccc12. The largest absolute Gasteiger partial charge is 0.375 e. The predicted molar refractivity (Wildman–Crippen MR) is 89.6 cm³/mol. The highest BCUT2D eigenvalue weighted by Crippen LogP contribution is 2.15. The molecule has 1 aromatic heterocycles. The van der Waals surface area contributed by atoms with Crippen molar-refractivity contribution in [1.82, 2.24) is 20.4 Å². The molecule has 0 spiro atoms. The fraction of sp³-hybridized carbons (Fsp3) is 0.471. The summed E-state index contributed by atoms with van der Waals surface area (Å²) in [4.78, 5) is 26.4. The Labute approximate surface area is 140 Å². The first-order chi connectivity index (χ1) is 11.6. The summed E-state index contributed by atoms with van der Waals surface area (Å²) in [6, 6.07) is 7.52. The van der Waals surface area contributed by atoms with Crippen LogP contribution in [-0.4, -0.2) is 58.8 Å². The smallest absolute Gasteiger partial charge is 0.272 e. The van der Waals surface area contributed by atoms with Crippen molar-refractivity contribution in [3.05, 3.63) is 30.0 Å². The lowest BCUT2D eigenvalue weighted by Crippen LogP contribution is -2.50. The van der Waals surface area contributed by atoms with E-state index < -0.39 is 0 Å². The van der Waals surface area contributed by atoms with Crippen molar-refractivity contribution in [3.8, 4) is 0 Å². The zero-order chi connectivity index (χ0) is 17.1. The molecule has 1 aromatic carbocycles. The number of para-hydroxylation sites is 1. The number of rotatable bonds is 4. The normalized spacial score (nSPS) is 21.0. The molecule has 0 aliphatic carbocycles. The lowest BCUT2D eigenvalue weighted by Gasteiger charge is -2.36. The minimum absolute atomic E-state index is 0.0323. The molecule has 7 heteroatoms. The standard InChI is InChI=1S/C17H22N4O3/c1-11-10-24-12(2)9-21(11)15(22)7-8-18-17(23)16-13-5-3-4-6-14(13)19-20-16/h3-6,11-12H,7-10H2,1-2H3,(H,18,23)(H,19,20)/t11-,12+/m1/s1. The third-order valence-corrected chi connectivity index (χ3v) is 4.24. The number of amides is 2. The highest BCUT2D eigenvalue weighted by Gasteiger charge is 2.27. The number of ether oxygens (including phenoxy) is 1. The second-order valence-corrected chi connectivity index (χ2v) is 6.16. The van der Waals surface area contributed by atoms with Crippen LogP contribution >= 0.6 is 0 Å². The van der Waals surface area contributed by atoms with Crippen molar-refractivity contribution < 1.29 is 14.3 Å². The molecule has 2 N–H and O–H groups in total. The van der Waals surface area contributed by atoms with E-state index in [9.17, 15) is 9.59 Å². The highest BCUT2D eigenvalue weighted by atomic mass is 16.5. The van der Waals surface area contributed by atoms with Crippen LogP contribution in [0.5, 0.6) is 0 Å². The molecule has 1 fully saturated rings. The molecule has 0 saturated carbocycles. The van der Waals surface area contributed by atoms with Crippen molar-refractivity contribution >= 4 is 22.7 Å². The Morgan fingerprint density at radius 2 is 2.17 bits per heavy atom. The topological polar surface area (TPSA) is 87.3 Å². The first-order valence-electron chi connectivity index (χ1n) is 8.18. The van der Waals surface area contributed by atoms with Crippen LogP contribution in [0.4, 0.5) is 0 Å². The van der Waals surface area contributed by atoms with Crippen LogP contribution in [0.15, 0.2) is 24.3 Å². The van der Waals surface area contributed by atoms with Crippen LogP contribution in [0.3, 0.4) is 0 Å². The van der Waals surface area contributed by atoms with Crippen molar-refractivity contribution in [2.24, 2.45) is 0 Å². The number of aromatic amines is 1. The van der Waals surface area contributed by atoms with Crippen LogP contribution in [0.25, 0.3) is 10.9 Å². The molecule has 2 aromatic rings. The number of nitrogens with zero attached hydrogens (tertiary/aromatic N) is 2. The molecular weight excluding hydrogens is 308 g/mol. The third-order valence-electron chi connectivity index (χ3n) is 4.24. The number of nitrogens with one attached hydrogen (secondary N) is 2. The van der Waals surface area contributed by atoms with E-state index in [0.717, 1.165) is 10.9 Å². The van der Waals surface area contributed by atoms with Crippen molar-refractivity contribution in [1.29, 1.82) is 0 Å². The Morgan fingerprint density at radius 1 is 1.38 bits per heavy atom.